The van der Waals surface area contributed by atoms with Crippen LogP contribution in [-0.4, -0.2) is 41.7 Å². The summed E-state index contributed by atoms with van der Waals surface area (Å²) in [6.07, 6.45) is 2.25. The molecule has 0 fully saturated rings. The van der Waals surface area contributed by atoms with E-state index in [2.05, 4.69) is 85.1 Å². The number of hydrogen-bond donors (Lipinski definition) is 0. The summed E-state index contributed by atoms with van der Waals surface area (Å²) in [7, 11) is 1.76. The van der Waals surface area contributed by atoms with E-state index in [1.54, 1.807) is 7.11 Å². The molecule has 0 saturated heterocycles. The number of hydrogen-bond acceptors (Lipinski definition) is 2. The predicted molar refractivity (Wildman–Crippen MR) is 97.3 cm³/mol. The molecular formula is C21H25N2O+. The van der Waals surface area contributed by atoms with Gasteiger partial charge in [0.2, 0.25) is 6.34 Å². The molecule has 0 bridgehead atoms. The highest BCUT2D eigenvalue weighted by Crippen LogP contribution is 2.53. The Hall–Kier alpha value is -2.13. The van der Waals surface area contributed by atoms with E-state index < -0.39 is 0 Å². The molecule has 0 N–H and O–H groups in total. The second-order valence-electron chi connectivity index (χ2n) is 7.77. The third kappa shape index (κ3) is 1.97. The molecule has 2 aliphatic rings. The highest BCUT2D eigenvalue weighted by atomic mass is 16.5. The number of nitrogens with zero attached hydrogens (tertiary/aromatic N) is 2. The maximum Gasteiger partial charge on any atom is 0.237 e. The van der Waals surface area contributed by atoms with Gasteiger partial charge in [-0.1, -0.05) is 48.5 Å². The van der Waals surface area contributed by atoms with Gasteiger partial charge in [-0.2, -0.15) is 0 Å². The van der Waals surface area contributed by atoms with E-state index in [-0.39, 0.29) is 11.1 Å². The van der Waals surface area contributed by atoms with Crippen LogP contribution in [0.2, 0.25) is 0 Å². The average Bonchev–Trinajstić information content (AvgIpc) is 3.07. The van der Waals surface area contributed by atoms with Crippen molar-refractivity contribution in [1.82, 2.24) is 4.90 Å². The highest BCUT2D eigenvalue weighted by molar-refractivity contribution is 5.83. The van der Waals surface area contributed by atoms with E-state index in [1.807, 2.05) is 0 Å². The van der Waals surface area contributed by atoms with Crippen molar-refractivity contribution in [3.8, 4) is 11.1 Å². The molecule has 1 heterocycles. The Labute approximate surface area is 144 Å². The molecule has 3 heteroatoms. The van der Waals surface area contributed by atoms with Gasteiger partial charge in [0.05, 0.1) is 5.54 Å². The number of ether oxygens (including phenoxy) is 1. The Kier molecular flexibility index (Phi) is 3.33. The van der Waals surface area contributed by atoms with Crippen molar-refractivity contribution in [3.63, 3.8) is 0 Å². The summed E-state index contributed by atoms with van der Waals surface area (Å²) >= 11 is 0. The van der Waals surface area contributed by atoms with Crippen molar-refractivity contribution < 1.29 is 9.31 Å². The lowest BCUT2D eigenvalue weighted by Crippen LogP contribution is -2.52. The monoisotopic (exact) mass is 321 g/mol. The number of benzene rings is 2. The first-order chi connectivity index (χ1) is 11.5. The van der Waals surface area contributed by atoms with Crippen molar-refractivity contribution in [1.29, 1.82) is 0 Å². The summed E-state index contributed by atoms with van der Waals surface area (Å²) < 4.78 is 7.72. The van der Waals surface area contributed by atoms with E-state index in [0.29, 0.717) is 6.73 Å². The Balaban J connectivity index is 1.99. The summed E-state index contributed by atoms with van der Waals surface area (Å²) in [4.78, 5) is 2.52. The normalized spacial score (nSPS) is 17.8. The van der Waals surface area contributed by atoms with Crippen LogP contribution < -0.4 is 0 Å². The fourth-order valence-electron chi connectivity index (χ4n) is 4.40. The van der Waals surface area contributed by atoms with Crippen LogP contribution in [0, 0.1) is 0 Å². The zero-order chi connectivity index (χ0) is 16.9. The fraction of sp³-hybridized carbons (Fsp3) is 0.381. The predicted octanol–water partition coefficient (Wildman–Crippen LogP) is 3.67. The Morgan fingerprint density at radius 3 is 2.04 bits per heavy atom. The molecule has 0 amide bonds. The molecule has 3 nitrogen and oxygen atoms in total. The van der Waals surface area contributed by atoms with Gasteiger partial charge in [-0.05, 0) is 31.9 Å². The first kappa shape index (κ1) is 15.4. The molecule has 0 aromatic heterocycles. The SMILES string of the molecule is COC[N+]1=CN(C(C)(C)C)C2(C1)c1ccccc1-c1ccccc12. The van der Waals surface area contributed by atoms with Crippen molar-refractivity contribution in [3.05, 3.63) is 59.7 Å². The van der Waals surface area contributed by atoms with Crippen molar-refractivity contribution >= 4 is 6.34 Å². The smallest absolute Gasteiger partial charge is 0.237 e. The van der Waals surface area contributed by atoms with E-state index in [9.17, 15) is 0 Å². The Morgan fingerprint density at radius 1 is 1.00 bits per heavy atom. The van der Waals surface area contributed by atoms with Crippen molar-refractivity contribution in [2.45, 2.75) is 31.8 Å². The van der Waals surface area contributed by atoms with Crippen LogP contribution in [0.25, 0.3) is 11.1 Å². The zero-order valence-corrected chi connectivity index (χ0v) is 14.9. The molecule has 2 aromatic rings. The number of fused-ring (bicyclic) bond motifs is 5. The van der Waals surface area contributed by atoms with Crippen molar-refractivity contribution in [2.24, 2.45) is 0 Å². The highest BCUT2D eigenvalue weighted by Gasteiger charge is 2.59. The third-order valence-electron chi connectivity index (χ3n) is 5.18. The summed E-state index contributed by atoms with van der Waals surface area (Å²) in [5.41, 5.74) is 5.37. The van der Waals surface area contributed by atoms with E-state index >= 15 is 0 Å². The molecule has 1 aliphatic heterocycles. The zero-order valence-electron chi connectivity index (χ0n) is 14.9. The van der Waals surface area contributed by atoms with Crippen LogP contribution in [0.15, 0.2) is 48.5 Å². The minimum atomic E-state index is -0.149. The molecular weight excluding hydrogens is 296 g/mol. The van der Waals surface area contributed by atoms with Crippen LogP contribution in [0.3, 0.4) is 0 Å². The van der Waals surface area contributed by atoms with Crippen LogP contribution in [0.4, 0.5) is 0 Å². The Morgan fingerprint density at radius 2 is 1.54 bits per heavy atom. The lowest BCUT2D eigenvalue weighted by atomic mass is 9.83. The lowest BCUT2D eigenvalue weighted by molar-refractivity contribution is -0.559. The average molecular weight is 321 g/mol. The molecule has 2 aromatic carbocycles. The van der Waals surface area contributed by atoms with Crippen LogP contribution >= 0.6 is 0 Å². The second kappa shape index (κ2) is 5.18. The molecule has 0 unspecified atom stereocenters. The number of methoxy groups -OCH3 is 1. The largest absolute Gasteiger partial charge is 0.345 e. The molecule has 1 aliphatic carbocycles. The standard InChI is InChI=1S/C21H25N2O/c1-20(2,3)23-14-22(15-24-4)13-21(23)18-11-7-5-9-16(18)17-10-6-8-12-19(17)21/h5-12,14H,13,15H2,1-4H3/q+1. The van der Waals surface area contributed by atoms with E-state index in [0.717, 1.165) is 6.54 Å². The first-order valence-corrected chi connectivity index (χ1v) is 8.55. The van der Waals surface area contributed by atoms with Gasteiger partial charge in [0, 0.05) is 18.2 Å². The summed E-state index contributed by atoms with van der Waals surface area (Å²) in [6, 6.07) is 17.7. The van der Waals surface area contributed by atoms with Gasteiger partial charge in [0.15, 0.2) is 12.3 Å². The van der Waals surface area contributed by atoms with E-state index in [4.69, 9.17) is 4.74 Å². The first-order valence-electron chi connectivity index (χ1n) is 8.55. The topological polar surface area (TPSA) is 15.5 Å². The van der Waals surface area contributed by atoms with Gasteiger partial charge in [-0.15, -0.1) is 0 Å². The van der Waals surface area contributed by atoms with Gasteiger partial charge in [-0.25, -0.2) is 9.48 Å². The molecule has 0 saturated carbocycles. The van der Waals surface area contributed by atoms with Gasteiger partial charge >= 0.3 is 0 Å². The van der Waals surface area contributed by atoms with Crippen LogP contribution in [-0.2, 0) is 10.3 Å². The minimum Gasteiger partial charge on any atom is -0.345 e. The maximum atomic E-state index is 5.43. The Bertz CT molecular complexity index is 771. The fourth-order valence-corrected chi connectivity index (χ4v) is 4.40. The molecule has 4 rings (SSSR count). The number of rotatable bonds is 2. The molecule has 1 spiro atoms. The van der Waals surface area contributed by atoms with Crippen molar-refractivity contribution in [2.75, 3.05) is 20.4 Å². The van der Waals surface area contributed by atoms with Crippen LogP contribution in [0.1, 0.15) is 31.9 Å². The second-order valence-corrected chi connectivity index (χ2v) is 7.77. The minimum absolute atomic E-state index is 0.00700. The molecule has 0 atom stereocenters. The molecule has 124 valence electrons. The van der Waals surface area contributed by atoms with Gasteiger partial charge in [-0.3, -0.25) is 0 Å². The summed E-state index contributed by atoms with van der Waals surface area (Å²) in [6.45, 7) is 8.37. The van der Waals surface area contributed by atoms with Gasteiger partial charge in [0.25, 0.3) is 0 Å². The van der Waals surface area contributed by atoms with Crippen LogP contribution in [0.5, 0.6) is 0 Å². The summed E-state index contributed by atoms with van der Waals surface area (Å²) in [5.74, 6) is 0. The summed E-state index contributed by atoms with van der Waals surface area (Å²) in [5, 5.41) is 0. The quantitative estimate of drug-likeness (QED) is 0.784. The molecule has 24 heavy (non-hydrogen) atoms. The maximum absolute atomic E-state index is 5.43. The molecule has 0 radical (unpaired) electrons. The lowest BCUT2D eigenvalue weighted by Gasteiger charge is -2.38. The third-order valence-corrected chi connectivity index (χ3v) is 5.18. The van der Waals surface area contributed by atoms with Gasteiger partial charge in [0.1, 0.15) is 6.54 Å². The van der Waals surface area contributed by atoms with E-state index in [1.165, 1.54) is 22.3 Å². The van der Waals surface area contributed by atoms with Gasteiger partial charge < -0.3 is 4.74 Å².